The highest BCUT2D eigenvalue weighted by Crippen LogP contribution is 2.46. The van der Waals surface area contributed by atoms with E-state index in [1.165, 1.54) is 12.1 Å². The number of aromatic hydroxyl groups is 1. The number of aromatic carboxylic acids is 1. The van der Waals surface area contributed by atoms with Crippen LogP contribution in [-0.4, -0.2) is 50.1 Å². The second kappa shape index (κ2) is 14.0. The van der Waals surface area contributed by atoms with Gasteiger partial charge < -0.3 is 39.6 Å². The first-order chi connectivity index (χ1) is 23.9. The number of nitrogens with two attached hydrogens (primary N) is 1. The largest absolute Gasteiger partial charge is 0.746 e. The van der Waals surface area contributed by atoms with Crippen molar-refractivity contribution in [2.24, 2.45) is 5.73 Å². The first-order valence-electron chi connectivity index (χ1n) is 13.9. The topological polar surface area (TPSA) is 221 Å². The van der Waals surface area contributed by atoms with Gasteiger partial charge in [-0.3, -0.25) is 18.9 Å². The first-order valence-corrected chi connectivity index (χ1v) is 16.4. The number of fused-ring (bicyclic) bond motifs is 2. The number of carbonyl (C=O) groups excluding carboxylic acids is 2. The average Bonchev–Trinajstić information content (AvgIpc) is 3.03. The molecule has 1 aliphatic heterocycles. The van der Waals surface area contributed by atoms with Crippen molar-refractivity contribution < 1.29 is 69.8 Å². The van der Waals surface area contributed by atoms with Gasteiger partial charge in [0.05, 0.1) is 17.2 Å². The van der Waals surface area contributed by atoms with Gasteiger partial charge in [-0.15, -0.1) is 11.8 Å². The molecule has 0 bridgehead atoms. The minimum Gasteiger partial charge on any atom is -0.746 e. The monoisotopic (exact) mass is 753 g/mol. The van der Waals surface area contributed by atoms with Crippen molar-refractivity contribution in [1.82, 2.24) is 4.90 Å². The molecule has 1 aliphatic carbocycles. The maximum absolute atomic E-state index is 16.5. The Bertz CT molecular complexity index is 2330. The van der Waals surface area contributed by atoms with Crippen LogP contribution in [0.15, 0.2) is 62.6 Å². The second-order valence-corrected chi connectivity index (χ2v) is 12.7. The number of carboxylic acid groups (broad SMARTS) is 1. The van der Waals surface area contributed by atoms with Crippen molar-refractivity contribution in [3.05, 3.63) is 99.0 Å². The Morgan fingerprint density at radius 2 is 1.63 bits per heavy atom. The van der Waals surface area contributed by atoms with Crippen LogP contribution in [0.2, 0.25) is 0 Å². The molecule has 0 saturated carbocycles. The molecule has 2 aliphatic rings. The van der Waals surface area contributed by atoms with Crippen molar-refractivity contribution >= 4 is 48.3 Å². The molecule has 20 heteroatoms. The van der Waals surface area contributed by atoms with E-state index in [0.717, 1.165) is 17.0 Å². The summed E-state index contributed by atoms with van der Waals surface area (Å²) >= 11 is 0.0206. The van der Waals surface area contributed by atoms with E-state index < -0.39 is 129 Å². The Kier molecular flexibility index (Phi) is 10.1. The van der Waals surface area contributed by atoms with Crippen molar-refractivity contribution in [3.8, 4) is 33.9 Å². The molecule has 1 heterocycles. The molecule has 266 valence electrons. The number of carboxylic acids is 1. The number of phosphoric acid groups is 1. The number of benzene rings is 4. The average molecular weight is 754 g/mol. The summed E-state index contributed by atoms with van der Waals surface area (Å²) in [5, 5.41) is 19.2. The van der Waals surface area contributed by atoms with Crippen molar-refractivity contribution in [2.75, 3.05) is 12.3 Å². The van der Waals surface area contributed by atoms with Crippen molar-refractivity contribution in [1.29, 1.82) is 0 Å². The van der Waals surface area contributed by atoms with Crippen LogP contribution < -0.4 is 20.6 Å². The molecule has 0 saturated heterocycles. The van der Waals surface area contributed by atoms with E-state index in [-0.39, 0.29) is 23.1 Å². The van der Waals surface area contributed by atoms with Gasteiger partial charge in [-0.05, 0) is 29.8 Å². The Labute approximate surface area is 285 Å². The molecular weight excluding hydrogens is 734 g/mol. The maximum atomic E-state index is 16.5. The fourth-order valence-corrected chi connectivity index (χ4v) is 6.31. The molecule has 1 atom stereocenters. The van der Waals surface area contributed by atoms with Gasteiger partial charge in [-0.2, -0.15) is 0 Å². The summed E-state index contributed by atoms with van der Waals surface area (Å²) in [6, 6.07) is 6.92. The van der Waals surface area contributed by atoms with Crippen LogP contribution in [-0.2, 0) is 20.7 Å². The fourth-order valence-electron chi connectivity index (χ4n) is 5.03. The van der Waals surface area contributed by atoms with E-state index in [4.69, 9.17) is 15.0 Å². The summed E-state index contributed by atoms with van der Waals surface area (Å²) < 4.78 is 97.4. The number of carbonyl (C=O) groups is 3. The number of phenols is 1. The van der Waals surface area contributed by atoms with Crippen LogP contribution >= 0.6 is 19.6 Å². The number of halogens is 5. The van der Waals surface area contributed by atoms with E-state index in [2.05, 4.69) is 4.52 Å². The predicted octanol–water partition coefficient (Wildman–Crippen LogP) is 4.11. The molecule has 5 N–H and O–H groups in total. The molecule has 5 rings (SSSR count). The summed E-state index contributed by atoms with van der Waals surface area (Å²) in [4.78, 5) is 68.6. The minimum atomic E-state index is -5.14. The zero-order chi connectivity index (χ0) is 37.5. The minimum absolute atomic E-state index is 0.0206. The summed E-state index contributed by atoms with van der Waals surface area (Å²) in [6.07, 6.45) is 0. The molecule has 0 spiro atoms. The molecule has 3 aromatic carbocycles. The maximum Gasteiger partial charge on any atom is 0.339 e. The van der Waals surface area contributed by atoms with Crippen molar-refractivity contribution in [2.45, 2.75) is 11.4 Å². The van der Waals surface area contributed by atoms with Gasteiger partial charge in [-0.1, -0.05) is 12.1 Å². The van der Waals surface area contributed by atoms with E-state index in [1.54, 1.807) is 0 Å². The highest BCUT2D eigenvalue weighted by molar-refractivity contribution is 8.00. The Balaban J connectivity index is 1.61. The molecule has 3 aromatic rings. The van der Waals surface area contributed by atoms with E-state index in [9.17, 15) is 47.6 Å². The lowest BCUT2D eigenvalue weighted by atomic mass is 9.89. The van der Waals surface area contributed by atoms with Gasteiger partial charge in [0, 0.05) is 40.8 Å². The highest BCUT2D eigenvalue weighted by Gasteiger charge is 2.34. The number of nitrogens with zero attached hydrogens (tertiary/aromatic N) is 1. The van der Waals surface area contributed by atoms with Gasteiger partial charge in [0.15, 0.2) is 29.0 Å². The summed E-state index contributed by atoms with van der Waals surface area (Å²) in [7, 11) is -5.14. The van der Waals surface area contributed by atoms with Gasteiger partial charge in [0.1, 0.15) is 28.5 Å². The van der Waals surface area contributed by atoms with Gasteiger partial charge in [0.2, 0.25) is 17.2 Å². The number of phenolic OH excluding ortho intramolecular Hbond substituents is 1. The standard InChI is InChI=1S/C31H20F5N2O11PS/c32-16-5-14-20(7-18(16)39)48-21-8-19(40)17(33)6-15(21)24(14)25-26(31(43)44)27(34)29(36)30(28(25)35)51-11-23(42)38(10-22(37)41)9-12-1-3-13(4-2-12)49-50(45,46)47/h1-8,39H,9-11H2,(H2,37,41)(H,43,44)(H2,45,46,47)/p-1. The first kappa shape index (κ1) is 36.8. The third kappa shape index (κ3) is 7.65. The molecule has 0 fully saturated rings. The molecular formula is C31H19F5N2O11PS-. The molecule has 0 aromatic heterocycles. The summed E-state index contributed by atoms with van der Waals surface area (Å²) in [5.74, 6) is -15.9. The molecule has 13 nitrogen and oxygen atoms in total. The van der Waals surface area contributed by atoms with E-state index in [0.29, 0.717) is 24.3 Å². The van der Waals surface area contributed by atoms with Gasteiger partial charge in [0.25, 0.3) is 0 Å². The Morgan fingerprint density at radius 1 is 0.961 bits per heavy atom. The summed E-state index contributed by atoms with van der Waals surface area (Å²) in [6.45, 7) is -1.14. The normalized spacial score (nSPS) is 12.5. The van der Waals surface area contributed by atoms with Crippen LogP contribution in [0.25, 0.3) is 33.4 Å². The zero-order valence-corrected chi connectivity index (χ0v) is 26.8. The van der Waals surface area contributed by atoms with Crippen LogP contribution in [0.4, 0.5) is 22.0 Å². The molecule has 51 heavy (non-hydrogen) atoms. The molecule has 2 amide bonds. The van der Waals surface area contributed by atoms with Gasteiger partial charge >= 0.3 is 13.8 Å². The fraction of sp³-hybridized carbons (Fsp3) is 0.0968. The highest BCUT2D eigenvalue weighted by atomic mass is 32.2. The summed E-state index contributed by atoms with van der Waals surface area (Å²) in [5.41, 5.74) is -0.509. The van der Waals surface area contributed by atoms with Crippen LogP contribution in [0.5, 0.6) is 11.5 Å². The van der Waals surface area contributed by atoms with Crippen LogP contribution in [0.3, 0.4) is 0 Å². The number of primary amides is 1. The number of amides is 2. The smallest absolute Gasteiger partial charge is 0.339 e. The van der Waals surface area contributed by atoms with E-state index >= 15 is 13.2 Å². The van der Waals surface area contributed by atoms with Gasteiger partial charge in [-0.25, -0.2) is 26.7 Å². The number of rotatable bonds is 11. The molecule has 0 radical (unpaired) electrons. The zero-order valence-electron chi connectivity index (χ0n) is 25.1. The number of thioether (sulfide) groups is 1. The van der Waals surface area contributed by atoms with E-state index in [1.807, 2.05) is 0 Å². The third-order valence-corrected chi connectivity index (χ3v) is 8.62. The Morgan fingerprint density at radius 3 is 2.24 bits per heavy atom. The number of hydrogen-bond donors (Lipinski definition) is 4. The molecule has 1 unspecified atom stereocenters. The Hall–Kier alpha value is -5.49. The predicted molar refractivity (Wildman–Crippen MR) is 165 cm³/mol. The number of phosphoric ester groups is 1. The SMILES string of the molecule is NC(=O)CN(Cc1ccc(OP(=O)([O-])O)cc1)C(=O)CSc1c(F)c(F)c(C(=O)O)c(-c2c3cc(F)c(=O)cc-3oc3cc(O)c(F)cc23)c1F. The lowest BCUT2D eigenvalue weighted by Crippen LogP contribution is -2.39. The van der Waals surface area contributed by atoms with Crippen LogP contribution in [0, 0.1) is 29.1 Å². The van der Waals surface area contributed by atoms with Crippen molar-refractivity contribution in [3.63, 3.8) is 0 Å². The lowest BCUT2D eigenvalue weighted by Gasteiger charge is -2.22. The lowest BCUT2D eigenvalue weighted by molar-refractivity contribution is -0.211. The number of hydrogen-bond acceptors (Lipinski definition) is 10. The quantitative estimate of drug-likeness (QED) is 0.0492. The van der Waals surface area contributed by atoms with Crippen LogP contribution in [0.1, 0.15) is 15.9 Å². The third-order valence-electron chi connectivity index (χ3n) is 7.14. The second-order valence-electron chi connectivity index (χ2n) is 10.6.